The molecule has 6 heteroatoms. The van der Waals surface area contributed by atoms with Gasteiger partial charge in [-0.2, -0.15) is 0 Å². The molecule has 4 rings (SSSR count). The monoisotopic (exact) mass is 346 g/mol. The molecule has 0 fully saturated rings. The van der Waals surface area contributed by atoms with Crippen LogP contribution in [-0.4, -0.2) is 26.6 Å². The lowest BCUT2D eigenvalue weighted by molar-refractivity contribution is 0.415. The van der Waals surface area contributed by atoms with Gasteiger partial charge in [0.15, 0.2) is 11.3 Å². The van der Waals surface area contributed by atoms with E-state index in [0.717, 1.165) is 16.9 Å². The molecule has 4 aromatic rings. The minimum Gasteiger partial charge on any atom is -0.497 e. The van der Waals surface area contributed by atoms with Crippen molar-refractivity contribution in [2.45, 2.75) is 13.0 Å². The number of nitrogens with one attached hydrogen (secondary N) is 1. The number of aromatic amines is 1. The average Bonchev–Trinajstić information content (AvgIpc) is 3.03. The van der Waals surface area contributed by atoms with E-state index in [2.05, 4.69) is 9.97 Å². The normalized spacial score (nSPS) is 12.2. The second kappa shape index (κ2) is 6.48. The zero-order valence-corrected chi connectivity index (χ0v) is 14.5. The molecule has 0 aliphatic heterocycles. The molecule has 0 aliphatic rings. The summed E-state index contributed by atoms with van der Waals surface area (Å²) in [6.07, 6.45) is 1.66. The van der Waals surface area contributed by atoms with Crippen molar-refractivity contribution in [1.29, 1.82) is 0 Å². The number of nitrogens with zero attached hydrogens (tertiary/aromatic N) is 3. The van der Waals surface area contributed by atoms with Gasteiger partial charge in [0.05, 0.1) is 25.0 Å². The maximum atomic E-state index is 12.5. The largest absolute Gasteiger partial charge is 0.497 e. The molecule has 130 valence electrons. The molecule has 1 N–H and O–H groups in total. The topological polar surface area (TPSA) is 72.8 Å². The number of methoxy groups -OCH3 is 1. The first-order valence-corrected chi connectivity index (χ1v) is 8.34. The Morgan fingerprint density at radius 1 is 1.12 bits per heavy atom. The van der Waals surface area contributed by atoms with Crippen LogP contribution in [0.5, 0.6) is 5.75 Å². The van der Waals surface area contributed by atoms with Crippen LogP contribution in [0.2, 0.25) is 0 Å². The molecule has 0 bridgehead atoms. The Bertz CT molecular complexity index is 1120. The Morgan fingerprint density at radius 2 is 1.92 bits per heavy atom. The summed E-state index contributed by atoms with van der Waals surface area (Å²) in [6, 6.07) is 17.3. The van der Waals surface area contributed by atoms with Gasteiger partial charge in [-0.05, 0) is 24.6 Å². The van der Waals surface area contributed by atoms with Crippen molar-refractivity contribution in [3.63, 3.8) is 0 Å². The van der Waals surface area contributed by atoms with Crippen molar-refractivity contribution in [1.82, 2.24) is 19.5 Å². The molecule has 0 unspecified atom stereocenters. The molecule has 2 aromatic carbocycles. The molecule has 0 spiro atoms. The number of benzene rings is 2. The Kier molecular flexibility index (Phi) is 4.01. The van der Waals surface area contributed by atoms with Gasteiger partial charge in [0.2, 0.25) is 0 Å². The molecule has 0 saturated carbocycles. The van der Waals surface area contributed by atoms with Gasteiger partial charge in [-0.3, -0.25) is 9.55 Å². The zero-order valence-electron chi connectivity index (χ0n) is 14.5. The van der Waals surface area contributed by atoms with Crippen molar-refractivity contribution >= 4 is 11.3 Å². The van der Waals surface area contributed by atoms with Crippen molar-refractivity contribution in [3.05, 3.63) is 76.8 Å². The van der Waals surface area contributed by atoms with Crippen LogP contribution in [0.3, 0.4) is 0 Å². The van der Waals surface area contributed by atoms with Crippen molar-refractivity contribution < 1.29 is 4.74 Å². The average molecular weight is 346 g/mol. The number of hydrogen-bond acceptors (Lipinski definition) is 4. The highest BCUT2D eigenvalue weighted by molar-refractivity contribution is 5.71. The fraction of sp³-hybridized carbons (Fsp3) is 0.150. The smallest absolute Gasteiger partial charge is 0.329 e. The Morgan fingerprint density at radius 3 is 2.69 bits per heavy atom. The molecule has 2 heterocycles. The predicted octanol–water partition coefficient (Wildman–Crippen LogP) is 3.40. The second-order valence-electron chi connectivity index (χ2n) is 6.05. The Balaban J connectivity index is 1.86. The van der Waals surface area contributed by atoms with E-state index in [4.69, 9.17) is 9.72 Å². The number of aromatic nitrogens is 4. The lowest BCUT2D eigenvalue weighted by Crippen LogP contribution is -2.21. The second-order valence-corrected chi connectivity index (χ2v) is 6.05. The zero-order chi connectivity index (χ0) is 18.1. The first-order valence-electron chi connectivity index (χ1n) is 8.34. The van der Waals surface area contributed by atoms with Gasteiger partial charge >= 0.3 is 5.69 Å². The maximum absolute atomic E-state index is 12.5. The summed E-state index contributed by atoms with van der Waals surface area (Å²) in [4.78, 5) is 24.4. The summed E-state index contributed by atoms with van der Waals surface area (Å²) in [7, 11) is 1.62. The van der Waals surface area contributed by atoms with E-state index in [9.17, 15) is 4.79 Å². The van der Waals surface area contributed by atoms with E-state index in [-0.39, 0.29) is 11.7 Å². The number of rotatable bonds is 4. The molecule has 1 atom stereocenters. The highest BCUT2D eigenvalue weighted by atomic mass is 16.5. The summed E-state index contributed by atoms with van der Waals surface area (Å²) in [5, 5.41) is 0. The van der Waals surface area contributed by atoms with Crippen LogP contribution in [0.4, 0.5) is 0 Å². The highest BCUT2D eigenvalue weighted by Gasteiger charge is 2.17. The van der Waals surface area contributed by atoms with Gasteiger partial charge in [-0.25, -0.2) is 14.8 Å². The third-order valence-electron chi connectivity index (χ3n) is 4.46. The van der Waals surface area contributed by atoms with Crippen LogP contribution in [-0.2, 0) is 0 Å². The van der Waals surface area contributed by atoms with Crippen LogP contribution >= 0.6 is 0 Å². The standard InChI is InChI=1S/C20H18N4O2/c1-13(14-7-4-3-5-8-14)24-19-18(23-20(24)25)21-12-17(22-19)15-9-6-10-16(11-15)26-2/h3-13H,1-2H3,(H,21,23,25)/t13-/m0/s1. The van der Waals surface area contributed by atoms with Crippen molar-refractivity contribution in [3.8, 4) is 17.0 Å². The fourth-order valence-corrected chi connectivity index (χ4v) is 3.05. The predicted molar refractivity (Wildman–Crippen MR) is 100 cm³/mol. The van der Waals surface area contributed by atoms with Gasteiger partial charge in [0.25, 0.3) is 0 Å². The van der Waals surface area contributed by atoms with Gasteiger partial charge in [0.1, 0.15) is 5.75 Å². The number of hydrogen-bond donors (Lipinski definition) is 1. The van der Waals surface area contributed by atoms with Gasteiger partial charge < -0.3 is 4.74 Å². The van der Waals surface area contributed by atoms with E-state index >= 15 is 0 Å². The molecule has 26 heavy (non-hydrogen) atoms. The lowest BCUT2D eigenvalue weighted by Gasteiger charge is -2.13. The summed E-state index contributed by atoms with van der Waals surface area (Å²) in [5.74, 6) is 0.744. The van der Waals surface area contributed by atoms with Gasteiger partial charge in [-0.15, -0.1) is 0 Å². The SMILES string of the molecule is COc1cccc(-c2cnc3[nH]c(=O)n([C@@H](C)c4ccccc4)c3n2)c1. The van der Waals surface area contributed by atoms with E-state index in [1.807, 2.05) is 61.5 Å². The molecule has 2 aromatic heterocycles. The number of H-pyrrole nitrogens is 1. The number of imidazole rings is 1. The van der Waals surface area contributed by atoms with Crippen LogP contribution in [0.15, 0.2) is 65.6 Å². The molecule has 6 nitrogen and oxygen atoms in total. The summed E-state index contributed by atoms with van der Waals surface area (Å²) in [6.45, 7) is 1.98. The third-order valence-corrected chi connectivity index (χ3v) is 4.46. The Hall–Kier alpha value is -3.41. The van der Waals surface area contributed by atoms with Crippen molar-refractivity contribution in [2.75, 3.05) is 7.11 Å². The molecular formula is C20H18N4O2. The molecule has 0 aliphatic carbocycles. The van der Waals surface area contributed by atoms with E-state index in [1.54, 1.807) is 17.9 Å². The number of ether oxygens (including phenoxy) is 1. The summed E-state index contributed by atoms with van der Waals surface area (Å²) < 4.78 is 6.92. The molecular weight excluding hydrogens is 328 g/mol. The van der Waals surface area contributed by atoms with Gasteiger partial charge in [0, 0.05) is 5.56 Å². The Labute approximate surface area is 150 Å². The van der Waals surface area contributed by atoms with E-state index in [0.29, 0.717) is 17.0 Å². The molecule has 0 amide bonds. The first kappa shape index (κ1) is 16.1. The van der Waals surface area contributed by atoms with Crippen LogP contribution in [0.1, 0.15) is 18.5 Å². The van der Waals surface area contributed by atoms with Gasteiger partial charge in [-0.1, -0.05) is 42.5 Å². The van der Waals surface area contributed by atoms with Crippen molar-refractivity contribution in [2.24, 2.45) is 0 Å². The summed E-state index contributed by atoms with van der Waals surface area (Å²) >= 11 is 0. The van der Waals surface area contributed by atoms with Crippen LogP contribution in [0, 0.1) is 0 Å². The maximum Gasteiger partial charge on any atom is 0.329 e. The fourth-order valence-electron chi connectivity index (χ4n) is 3.05. The van der Waals surface area contributed by atoms with Crippen LogP contribution < -0.4 is 10.4 Å². The third kappa shape index (κ3) is 2.75. The van der Waals surface area contributed by atoms with E-state index < -0.39 is 0 Å². The minimum atomic E-state index is -0.223. The van der Waals surface area contributed by atoms with E-state index in [1.165, 1.54) is 0 Å². The number of fused-ring (bicyclic) bond motifs is 1. The van der Waals surface area contributed by atoms with Crippen LogP contribution in [0.25, 0.3) is 22.6 Å². The quantitative estimate of drug-likeness (QED) is 0.615. The minimum absolute atomic E-state index is 0.160. The molecule has 0 saturated heterocycles. The molecule has 0 radical (unpaired) electrons. The first-order chi connectivity index (χ1) is 12.7. The summed E-state index contributed by atoms with van der Waals surface area (Å²) in [5.41, 5.74) is 3.38. The lowest BCUT2D eigenvalue weighted by atomic mass is 10.1. The highest BCUT2D eigenvalue weighted by Crippen LogP contribution is 2.24.